The molecule has 1 amide bonds. The van der Waals surface area contributed by atoms with Crippen molar-refractivity contribution in [1.82, 2.24) is 0 Å². The van der Waals surface area contributed by atoms with Gasteiger partial charge in [-0.3, -0.25) is 4.79 Å². The summed E-state index contributed by atoms with van der Waals surface area (Å²) in [7, 11) is 0. The number of hydrogen-bond donors (Lipinski definition) is 2. The summed E-state index contributed by atoms with van der Waals surface area (Å²) in [5.74, 6) is -0.332. The standard InChI is InChI=1S/C17H18ClNO2/c1-17(2,3)13-6-4-5-7-15(13)19-16(21)12-10-11(20)8-9-14(12)18/h4-10,20H,1-3H3,(H,19,21). The van der Waals surface area contributed by atoms with Gasteiger partial charge in [0.05, 0.1) is 10.6 Å². The van der Waals surface area contributed by atoms with Crippen LogP contribution in [0.1, 0.15) is 36.7 Å². The summed E-state index contributed by atoms with van der Waals surface area (Å²) < 4.78 is 0. The van der Waals surface area contributed by atoms with Gasteiger partial charge in [0.1, 0.15) is 5.75 Å². The number of halogens is 1. The number of phenols is 1. The molecule has 0 atom stereocenters. The fourth-order valence-electron chi connectivity index (χ4n) is 2.12. The van der Waals surface area contributed by atoms with Crippen LogP contribution in [0.2, 0.25) is 5.02 Å². The van der Waals surface area contributed by atoms with Crippen molar-refractivity contribution in [2.45, 2.75) is 26.2 Å². The van der Waals surface area contributed by atoms with Crippen LogP contribution in [0, 0.1) is 0 Å². The molecule has 0 bridgehead atoms. The summed E-state index contributed by atoms with van der Waals surface area (Å²) in [6, 6.07) is 12.0. The summed E-state index contributed by atoms with van der Waals surface area (Å²) in [6.07, 6.45) is 0. The average Bonchev–Trinajstić information content (AvgIpc) is 2.41. The Hall–Kier alpha value is -2.00. The predicted molar refractivity (Wildman–Crippen MR) is 86.2 cm³/mol. The van der Waals surface area contributed by atoms with Gasteiger partial charge in [0.2, 0.25) is 0 Å². The highest BCUT2D eigenvalue weighted by Gasteiger charge is 2.19. The maximum atomic E-state index is 12.4. The SMILES string of the molecule is CC(C)(C)c1ccccc1NC(=O)c1cc(O)ccc1Cl. The largest absolute Gasteiger partial charge is 0.508 e. The Labute approximate surface area is 129 Å². The van der Waals surface area contributed by atoms with Gasteiger partial charge in [-0.1, -0.05) is 50.6 Å². The van der Waals surface area contributed by atoms with E-state index in [-0.39, 0.29) is 22.6 Å². The van der Waals surface area contributed by atoms with Crippen LogP contribution in [0.25, 0.3) is 0 Å². The lowest BCUT2D eigenvalue weighted by Gasteiger charge is -2.23. The van der Waals surface area contributed by atoms with Crippen molar-refractivity contribution in [2.24, 2.45) is 0 Å². The Morgan fingerprint density at radius 3 is 2.48 bits per heavy atom. The van der Waals surface area contributed by atoms with Crippen LogP contribution in [-0.2, 0) is 5.41 Å². The molecule has 0 fully saturated rings. The van der Waals surface area contributed by atoms with Crippen molar-refractivity contribution in [1.29, 1.82) is 0 Å². The minimum atomic E-state index is -0.340. The number of anilines is 1. The Balaban J connectivity index is 2.35. The lowest BCUT2D eigenvalue weighted by molar-refractivity contribution is 0.102. The zero-order chi connectivity index (χ0) is 15.6. The predicted octanol–water partition coefficient (Wildman–Crippen LogP) is 4.60. The van der Waals surface area contributed by atoms with E-state index in [1.165, 1.54) is 18.2 Å². The molecule has 0 radical (unpaired) electrons. The Bertz CT molecular complexity index is 675. The molecule has 2 N–H and O–H groups in total. The van der Waals surface area contributed by atoms with E-state index in [9.17, 15) is 9.90 Å². The Kier molecular flexibility index (Phi) is 4.24. The van der Waals surface area contributed by atoms with Gasteiger partial charge < -0.3 is 10.4 Å². The van der Waals surface area contributed by atoms with Crippen LogP contribution in [0.5, 0.6) is 5.75 Å². The third-order valence-electron chi connectivity index (χ3n) is 3.18. The van der Waals surface area contributed by atoms with E-state index in [0.29, 0.717) is 5.02 Å². The number of phenolic OH excluding ortho intramolecular Hbond substituents is 1. The summed E-state index contributed by atoms with van der Waals surface area (Å²) in [6.45, 7) is 6.25. The minimum Gasteiger partial charge on any atom is -0.508 e. The van der Waals surface area contributed by atoms with Crippen LogP contribution >= 0.6 is 11.6 Å². The van der Waals surface area contributed by atoms with Crippen LogP contribution in [-0.4, -0.2) is 11.0 Å². The molecule has 0 aliphatic rings. The molecule has 0 saturated heterocycles. The third-order valence-corrected chi connectivity index (χ3v) is 3.51. The van der Waals surface area contributed by atoms with Crippen molar-refractivity contribution in [3.8, 4) is 5.75 Å². The molecular weight excluding hydrogens is 286 g/mol. The molecule has 2 aromatic rings. The van der Waals surface area contributed by atoms with Crippen molar-refractivity contribution < 1.29 is 9.90 Å². The molecule has 110 valence electrons. The second-order valence-electron chi connectivity index (χ2n) is 5.91. The summed E-state index contributed by atoms with van der Waals surface area (Å²) in [5.41, 5.74) is 1.94. The molecule has 0 aliphatic heterocycles. The molecule has 3 nitrogen and oxygen atoms in total. The maximum absolute atomic E-state index is 12.4. The number of carbonyl (C=O) groups is 1. The number of hydrogen-bond acceptors (Lipinski definition) is 2. The number of para-hydroxylation sites is 1. The number of carbonyl (C=O) groups excluding carboxylic acids is 1. The summed E-state index contributed by atoms with van der Waals surface area (Å²) >= 11 is 6.02. The third kappa shape index (κ3) is 3.56. The molecule has 0 aliphatic carbocycles. The van der Waals surface area contributed by atoms with E-state index in [2.05, 4.69) is 26.1 Å². The first-order valence-corrected chi connectivity index (χ1v) is 7.06. The van der Waals surface area contributed by atoms with Gasteiger partial charge in [-0.05, 0) is 35.2 Å². The highest BCUT2D eigenvalue weighted by Crippen LogP contribution is 2.30. The summed E-state index contributed by atoms with van der Waals surface area (Å²) in [5, 5.41) is 12.7. The van der Waals surface area contributed by atoms with E-state index < -0.39 is 0 Å². The first-order chi connectivity index (χ1) is 9.79. The zero-order valence-electron chi connectivity index (χ0n) is 12.3. The fraction of sp³-hybridized carbons (Fsp3) is 0.235. The van der Waals surface area contributed by atoms with Gasteiger partial charge in [-0.2, -0.15) is 0 Å². The second-order valence-corrected chi connectivity index (χ2v) is 6.32. The maximum Gasteiger partial charge on any atom is 0.257 e. The van der Waals surface area contributed by atoms with Gasteiger partial charge >= 0.3 is 0 Å². The lowest BCUT2D eigenvalue weighted by atomic mass is 9.86. The van der Waals surface area contributed by atoms with Crippen LogP contribution in [0.15, 0.2) is 42.5 Å². The molecule has 4 heteroatoms. The van der Waals surface area contributed by atoms with Gasteiger partial charge in [-0.25, -0.2) is 0 Å². The van der Waals surface area contributed by atoms with E-state index >= 15 is 0 Å². The molecule has 21 heavy (non-hydrogen) atoms. The van der Waals surface area contributed by atoms with Crippen LogP contribution in [0.4, 0.5) is 5.69 Å². The van der Waals surface area contributed by atoms with E-state index in [4.69, 9.17) is 11.6 Å². The normalized spacial score (nSPS) is 11.2. The van der Waals surface area contributed by atoms with Gasteiger partial charge in [0.15, 0.2) is 0 Å². The van der Waals surface area contributed by atoms with E-state index in [1.807, 2.05) is 24.3 Å². The van der Waals surface area contributed by atoms with Crippen LogP contribution in [0.3, 0.4) is 0 Å². The highest BCUT2D eigenvalue weighted by molar-refractivity contribution is 6.34. The quantitative estimate of drug-likeness (QED) is 0.852. The lowest BCUT2D eigenvalue weighted by Crippen LogP contribution is -2.18. The highest BCUT2D eigenvalue weighted by atomic mass is 35.5. The number of benzene rings is 2. The van der Waals surface area contributed by atoms with Gasteiger partial charge in [-0.15, -0.1) is 0 Å². The zero-order valence-corrected chi connectivity index (χ0v) is 13.0. The van der Waals surface area contributed by atoms with Gasteiger partial charge in [0.25, 0.3) is 5.91 Å². The van der Waals surface area contributed by atoms with Gasteiger partial charge in [0, 0.05) is 5.69 Å². The minimum absolute atomic E-state index is 0.00802. The molecule has 0 saturated carbocycles. The number of amides is 1. The van der Waals surface area contributed by atoms with E-state index in [1.54, 1.807) is 0 Å². The molecule has 0 unspecified atom stereocenters. The number of rotatable bonds is 2. The second kappa shape index (κ2) is 5.78. The van der Waals surface area contributed by atoms with Crippen LogP contribution < -0.4 is 5.32 Å². The number of aromatic hydroxyl groups is 1. The molecule has 0 aromatic heterocycles. The molecule has 0 heterocycles. The topological polar surface area (TPSA) is 49.3 Å². The molecule has 0 spiro atoms. The summed E-state index contributed by atoms with van der Waals surface area (Å²) in [4.78, 5) is 12.4. The Morgan fingerprint density at radius 2 is 1.81 bits per heavy atom. The fourth-order valence-corrected chi connectivity index (χ4v) is 2.33. The van der Waals surface area contributed by atoms with Crippen molar-refractivity contribution in [2.75, 3.05) is 5.32 Å². The first kappa shape index (κ1) is 15.4. The van der Waals surface area contributed by atoms with E-state index in [0.717, 1.165) is 11.3 Å². The molecular formula is C17H18ClNO2. The smallest absolute Gasteiger partial charge is 0.257 e. The average molecular weight is 304 g/mol. The van der Waals surface area contributed by atoms with Crippen molar-refractivity contribution in [3.05, 3.63) is 58.6 Å². The van der Waals surface area contributed by atoms with Crippen molar-refractivity contribution in [3.63, 3.8) is 0 Å². The molecule has 2 rings (SSSR count). The van der Waals surface area contributed by atoms with Crippen molar-refractivity contribution >= 4 is 23.2 Å². The first-order valence-electron chi connectivity index (χ1n) is 6.68. The monoisotopic (exact) mass is 303 g/mol. The Morgan fingerprint density at radius 1 is 1.14 bits per heavy atom. The molecule has 2 aromatic carbocycles. The number of nitrogens with one attached hydrogen (secondary N) is 1.